The van der Waals surface area contributed by atoms with Gasteiger partial charge in [0.05, 0.1) is 5.92 Å². The largest absolute Gasteiger partial charge is 0.420 e. The Morgan fingerprint density at radius 3 is 2.04 bits per heavy atom. The van der Waals surface area contributed by atoms with E-state index in [4.69, 9.17) is 19.6 Å². The number of carbonyl (C=O) groups excluding carboxylic acids is 2. The molecule has 1 unspecified atom stereocenters. The molecule has 0 aliphatic carbocycles. The van der Waals surface area contributed by atoms with Crippen LogP contribution in [0, 0.1) is 11.8 Å². The minimum Gasteiger partial charge on any atom is -0.247 e. The SMILES string of the molecule is CCCCCCC(CC(C)C)C(=O)OOC(=O)C1(CCCCCC)OO1. The van der Waals surface area contributed by atoms with Crippen LogP contribution in [-0.4, -0.2) is 17.7 Å². The zero-order valence-corrected chi connectivity index (χ0v) is 16.9. The van der Waals surface area contributed by atoms with Crippen molar-refractivity contribution in [1.29, 1.82) is 0 Å². The molecule has 1 saturated heterocycles. The molecule has 152 valence electrons. The summed E-state index contributed by atoms with van der Waals surface area (Å²) in [7, 11) is 0. The maximum absolute atomic E-state index is 12.3. The molecular weight excluding hydrogens is 336 g/mol. The van der Waals surface area contributed by atoms with Crippen molar-refractivity contribution in [3.05, 3.63) is 0 Å². The molecule has 0 aromatic heterocycles. The second kappa shape index (κ2) is 12.3. The molecular formula is C20H36O6. The molecule has 0 bridgehead atoms. The molecule has 1 fully saturated rings. The van der Waals surface area contributed by atoms with Crippen LogP contribution >= 0.6 is 0 Å². The second-order valence-corrected chi connectivity index (χ2v) is 7.68. The number of rotatable bonds is 14. The van der Waals surface area contributed by atoms with Crippen molar-refractivity contribution in [3.63, 3.8) is 0 Å². The van der Waals surface area contributed by atoms with Gasteiger partial charge < -0.3 is 0 Å². The van der Waals surface area contributed by atoms with Gasteiger partial charge in [0.25, 0.3) is 0 Å². The molecule has 0 radical (unpaired) electrons. The molecule has 0 saturated carbocycles. The fourth-order valence-corrected chi connectivity index (χ4v) is 3.02. The van der Waals surface area contributed by atoms with E-state index in [-0.39, 0.29) is 5.92 Å². The highest BCUT2D eigenvalue weighted by Gasteiger charge is 2.59. The zero-order valence-electron chi connectivity index (χ0n) is 16.9. The summed E-state index contributed by atoms with van der Waals surface area (Å²) in [4.78, 5) is 43.6. The van der Waals surface area contributed by atoms with Gasteiger partial charge in [0.2, 0.25) is 0 Å². The molecule has 1 atom stereocenters. The van der Waals surface area contributed by atoms with Gasteiger partial charge in [-0.15, -0.1) is 0 Å². The summed E-state index contributed by atoms with van der Waals surface area (Å²) >= 11 is 0. The van der Waals surface area contributed by atoms with Crippen molar-refractivity contribution in [2.45, 2.75) is 104 Å². The third-order valence-electron chi connectivity index (χ3n) is 4.65. The summed E-state index contributed by atoms with van der Waals surface area (Å²) in [5.74, 6) is -2.51. The van der Waals surface area contributed by atoms with Crippen molar-refractivity contribution in [2.75, 3.05) is 0 Å². The maximum Gasteiger partial charge on any atom is 0.420 e. The molecule has 0 spiro atoms. The van der Waals surface area contributed by atoms with Gasteiger partial charge in [0.15, 0.2) is 0 Å². The Kier molecular flexibility index (Phi) is 10.8. The average molecular weight is 373 g/mol. The maximum atomic E-state index is 12.3. The van der Waals surface area contributed by atoms with Crippen LogP contribution in [0.3, 0.4) is 0 Å². The molecule has 0 aromatic rings. The highest BCUT2D eigenvalue weighted by atomic mass is 17.4. The minimum absolute atomic E-state index is 0.249. The molecule has 1 rings (SSSR count). The smallest absolute Gasteiger partial charge is 0.247 e. The molecule has 26 heavy (non-hydrogen) atoms. The fourth-order valence-electron chi connectivity index (χ4n) is 3.02. The van der Waals surface area contributed by atoms with Crippen LogP contribution in [0.5, 0.6) is 0 Å². The van der Waals surface area contributed by atoms with Crippen LogP contribution in [0.2, 0.25) is 0 Å². The van der Waals surface area contributed by atoms with E-state index in [0.29, 0.717) is 12.3 Å². The van der Waals surface area contributed by atoms with E-state index in [1.165, 1.54) is 0 Å². The first kappa shape index (κ1) is 22.9. The van der Waals surface area contributed by atoms with Gasteiger partial charge in [-0.25, -0.2) is 19.4 Å². The number of unbranched alkanes of at least 4 members (excludes halogenated alkanes) is 6. The predicted octanol–water partition coefficient (Wildman–Crippen LogP) is 5.25. The second-order valence-electron chi connectivity index (χ2n) is 7.68. The molecule has 1 aliphatic heterocycles. The van der Waals surface area contributed by atoms with Gasteiger partial charge >= 0.3 is 17.7 Å². The minimum atomic E-state index is -1.37. The third kappa shape index (κ3) is 8.49. The van der Waals surface area contributed by atoms with Crippen LogP contribution in [-0.2, 0) is 29.1 Å². The number of hydrogen-bond acceptors (Lipinski definition) is 6. The Hall–Kier alpha value is -1.14. The lowest BCUT2D eigenvalue weighted by Crippen LogP contribution is -2.29. The molecule has 1 heterocycles. The third-order valence-corrected chi connectivity index (χ3v) is 4.65. The molecule has 0 amide bonds. The lowest BCUT2D eigenvalue weighted by atomic mass is 9.92. The van der Waals surface area contributed by atoms with E-state index < -0.39 is 17.7 Å². The lowest BCUT2D eigenvalue weighted by Gasteiger charge is -2.16. The predicted molar refractivity (Wildman–Crippen MR) is 97.5 cm³/mol. The average Bonchev–Trinajstić information content (AvgIpc) is 3.40. The van der Waals surface area contributed by atoms with Crippen molar-refractivity contribution < 1.29 is 29.1 Å². The van der Waals surface area contributed by atoms with Crippen LogP contribution in [0.15, 0.2) is 0 Å². The van der Waals surface area contributed by atoms with E-state index >= 15 is 0 Å². The Morgan fingerprint density at radius 2 is 1.50 bits per heavy atom. The zero-order chi connectivity index (χ0) is 19.4. The summed E-state index contributed by atoms with van der Waals surface area (Å²) in [6, 6.07) is 0. The molecule has 1 aliphatic rings. The Bertz CT molecular complexity index is 417. The fraction of sp³-hybridized carbons (Fsp3) is 0.900. The first-order valence-corrected chi connectivity index (χ1v) is 10.2. The highest BCUT2D eigenvalue weighted by molar-refractivity contribution is 5.80. The summed E-state index contributed by atoms with van der Waals surface area (Å²) in [6.07, 6.45) is 10.3. The van der Waals surface area contributed by atoms with Crippen molar-refractivity contribution in [3.8, 4) is 0 Å². The molecule has 0 N–H and O–H groups in total. The van der Waals surface area contributed by atoms with Gasteiger partial charge in [0.1, 0.15) is 0 Å². The van der Waals surface area contributed by atoms with Gasteiger partial charge in [-0.3, -0.25) is 0 Å². The summed E-state index contributed by atoms with van der Waals surface area (Å²) in [6.45, 7) is 8.40. The van der Waals surface area contributed by atoms with E-state index in [1.807, 2.05) is 0 Å². The van der Waals surface area contributed by atoms with Crippen LogP contribution in [0.4, 0.5) is 0 Å². The lowest BCUT2D eigenvalue weighted by molar-refractivity contribution is -0.267. The monoisotopic (exact) mass is 372 g/mol. The molecule has 6 nitrogen and oxygen atoms in total. The quantitative estimate of drug-likeness (QED) is 0.179. The van der Waals surface area contributed by atoms with E-state index in [1.54, 1.807) is 0 Å². The Balaban J connectivity index is 2.38. The van der Waals surface area contributed by atoms with Gasteiger partial charge in [-0.1, -0.05) is 72.6 Å². The molecule has 6 heteroatoms. The standard InChI is InChI=1S/C20H36O6/c1-5-7-9-11-13-17(15-16(3)4)18(21)23-24-19(22)20(25-26-20)14-12-10-8-6-2/h16-17H,5-15H2,1-4H3. The Labute approximate surface area is 157 Å². The van der Waals surface area contributed by atoms with E-state index in [9.17, 15) is 9.59 Å². The molecule has 0 aromatic carbocycles. The summed E-state index contributed by atoms with van der Waals surface area (Å²) in [5, 5.41) is 0. The number of hydrogen-bond donors (Lipinski definition) is 0. The van der Waals surface area contributed by atoms with Crippen molar-refractivity contribution >= 4 is 11.9 Å². The summed E-state index contributed by atoms with van der Waals surface area (Å²) < 4.78 is 0. The van der Waals surface area contributed by atoms with Crippen LogP contribution in [0.1, 0.15) is 98.3 Å². The first-order valence-electron chi connectivity index (χ1n) is 10.2. The normalized spacial score (nSPS) is 16.3. The first-order chi connectivity index (χ1) is 12.4. The topological polar surface area (TPSA) is 77.7 Å². The number of carbonyl (C=O) groups is 2. The van der Waals surface area contributed by atoms with Crippen LogP contribution in [0.25, 0.3) is 0 Å². The Morgan fingerprint density at radius 1 is 0.885 bits per heavy atom. The van der Waals surface area contributed by atoms with Crippen molar-refractivity contribution in [1.82, 2.24) is 0 Å². The van der Waals surface area contributed by atoms with Gasteiger partial charge in [0, 0.05) is 6.42 Å². The van der Waals surface area contributed by atoms with E-state index in [0.717, 1.165) is 64.2 Å². The van der Waals surface area contributed by atoms with Gasteiger partial charge in [-0.2, -0.15) is 9.78 Å². The summed E-state index contributed by atoms with van der Waals surface area (Å²) in [5.41, 5.74) is 0. The van der Waals surface area contributed by atoms with Gasteiger partial charge in [-0.05, 0) is 25.2 Å². The van der Waals surface area contributed by atoms with Crippen LogP contribution < -0.4 is 0 Å². The van der Waals surface area contributed by atoms with E-state index in [2.05, 4.69) is 27.7 Å². The highest BCUT2D eigenvalue weighted by Crippen LogP contribution is 2.36. The van der Waals surface area contributed by atoms with Crippen molar-refractivity contribution in [2.24, 2.45) is 11.8 Å².